The first-order valence-electron chi connectivity index (χ1n) is 7.65. The quantitative estimate of drug-likeness (QED) is 0.853. The Hall–Kier alpha value is -2.27. The average molecular weight is 316 g/mol. The van der Waals surface area contributed by atoms with E-state index in [1.807, 2.05) is 69.2 Å². The van der Waals surface area contributed by atoms with E-state index in [9.17, 15) is 4.79 Å². The average Bonchev–Trinajstić information content (AvgIpc) is 2.92. The molecule has 2 rings (SSSR count). The molecule has 1 amide bonds. The monoisotopic (exact) mass is 316 g/mol. The molecule has 0 unspecified atom stereocenters. The van der Waals surface area contributed by atoms with Crippen molar-refractivity contribution in [2.45, 2.75) is 19.9 Å². The first-order chi connectivity index (χ1) is 11.0. The van der Waals surface area contributed by atoms with E-state index in [4.69, 9.17) is 9.15 Å². The largest absolute Gasteiger partial charge is 0.484 e. The van der Waals surface area contributed by atoms with Crippen LogP contribution in [0.1, 0.15) is 23.1 Å². The van der Waals surface area contributed by atoms with Crippen molar-refractivity contribution in [3.63, 3.8) is 0 Å². The van der Waals surface area contributed by atoms with E-state index < -0.39 is 0 Å². The summed E-state index contributed by atoms with van der Waals surface area (Å²) in [5, 5.41) is 2.90. The van der Waals surface area contributed by atoms with Gasteiger partial charge >= 0.3 is 0 Å². The highest BCUT2D eigenvalue weighted by molar-refractivity contribution is 5.77. The van der Waals surface area contributed by atoms with Gasteiger partial charge in [0.2, 0.25) is 0 Å². The van der Waals surface area contributed by atoms with Gasteiger partial charge in [0.15, 0.2) is 6.61 Å². The van der Waals surface area contributed by atoms with E-state index in [0.29, 0.717) is 6.54 Å². The smallest absolute Gasteiger partial charge is 0.258 e. The van der Waals surface area contributed by atoms with Gasteiger partial charge in [-0.1, -0.05) is 18.2 Å². The van der Waals surface area contributed by atoms with Crippen LogP contribution in [0.5, 0.6) is 5.75 Å². The zero-order valence-electron chi connectivity index (χ0n) is 14.1. The van der Waals surface area contributed by atoms with Crippen LogP contribution in [0.2, 0.25) is 0 Å². The second-order valence-corrected chi connectivity index (χ2v) is 5.79. The van der Waals surface area contributed by atoms with Gasteiger partial charge in [0.25, 0.3) is 5.91 Å². The third kappa shape index (κ3) is 4.86. The van der Waals surface area contributed by atoms with Crippen molar-refractivity contribution in [1.29, 1.82) is 0 Å². The number of hydrogen-bond acceptors (Lipinski definition) is 4. The summed E-state index contributed by atoms with van der Waals surface area (Å²) in [5.41, 5.74) is 1.01. The van der Waals surface area contributed by atoms with Gasteiger partial charge in [-0.3, -0.25) is 9.69 Å². The van der Waals surface area contributed by atoms with Crippen molar-refractivity contribution < 1.29 is 13.9 Å². The Morgan fingerprint density at radius 3 is 2.57 bits per heavy atom. The van der Waals surface area contributed by atoms with Crippen molar-refractivity contribution in [2.24, 2.45) is 0 Å². The summed E-state index contributed by atoms with van der Waals surface area (Å²) in [4.78, 5) is 14.0. The van der Waals surface area contributed by atoms with Gasteiger partial charge in [0.1, 0.15) is 17.3 Å². The highest BCUT2D eigenvalue weighted by Crippen LogP contribution is 2.20. The number of hydrogen-bond donors (Lipinski definition) is 1. The number of nitrogens with one attached hydrogen (secondary N) is 1. The van der Waals surface area contributed by atoms with Gasteiger partial charge in [-0.25, -0.2) is 0 Å². The summed E-state index contributed by atoms with van der Waals surface area (Å²) in [5.74, 6) is 2.28. The molecule has 0 aliphatic heterocycles. The van der Waals surface area contributed by atoms with Gasteiger partial charge < -0.3 is 14.5 Å². The minimum atomic E-state index is -0.150. The lowest BCUT2D eigenvalue weighted by molar-refractivity contribution is -0.123. The number of ether oxygens (including phenoxy) is 1. The fourth-order valence-electron chi connectivity index (χ4n) is 2.29. The predicted molar refractivity (Wildman–Crippen MR) is 89.6 cm³/mol. The van der Waals surface area contributed by atoms with Gasteiger partial charge in [-0.15, -0.1) is 0 Å². The highest BCUT2D eigenvalue weighted by Gasteiger charge is 2.18. The number of para-hydroxylation sites is 1. The number of rotatable bonds is 7. The van der Waals surface area contributed by atoms with Crippen molar-refractivity contribution in [2.75, 3.05) is 27.2 Å². The SMILES string of the molecule is Cc1ccc([C@H](CNC(=O)COc2ccccc2C)N(C)C)o1. The van der Waals surface area contributed by atoms with Crippen molar-refractivity contribution in [1.82, 2.24) is 10.2 Å². The maximum atomic E-state index is 12.0. The highest BCUT2D eigenvalue weighted by atomic mass is 16.5. The van der Waals surface area contributed by atoms with E-state index in [1.165, 1.54) is 0 Å². The summed E-state index contributed by atoms with van der Waals surface area (Å²) in [7, 11) is 3.91. The molecule has 2 aromatic rings. The fraction of sp³-hybridized carbons (Fsp3) is 0.389. The van der Waals surface area contributed by atoms with Gasteiger partial charge in [0.05, 0.1) is 6.04 Å². The van der Waals surface area contributed by atoms with E-state index >= 15 is 0 Å². The number of amides is 1. The summed E-state index contributed by atoms with van der Waals surface area (Å²) < 4.78 is 11.2. The van der Waals surface area contributed by atoms with E-state index in [2.05, 4.69) is 5.32 Å². The molecule has 0 aliphatic rings. The summed E-state index contributed by atoms with van der Waals surface area (Å²) >= 11 is 0. The lowest BCUT2D eigenvalue weighted by Gasteiger charge is -2.22. The molecule has 1 atom stereocenters. The van der Waals surface area contributed by atoms with Gasteiger partial charge in [-0.2, -0.15) is 0 Å². The van der Waals surface area contributed by atoms with E-state index in [-0.39, 0.29) is 18.6 Å². The van der Waals surface area contributed by atoms with Crippen LogP contribution in [0.3, 0.4) is 0 Å². The molecule has 0 saturated carbocycles. The molecule has 0 radical (unpaired) electrons. The van der Waals surface area contributed by atoms with Crippen LogP contribution < -0.4 is 10.1 Å². The molecule has 1 heterocycles. The van der Waals surface area contributed by atoms with Crippen molar-refractivity contribution in [3.8, 4) is 5.75 Å². The summed E-state index contributed by atoms with van der Waals surface area (Å²) in [6, 6.07) is 11.5. The van der Waals surface area contributed by atoms with Gasteiger partial charge in [0, 0.05) is 6.54 Å². The minimum Gasteiger partial charge on any atom is -0.484 e. The number of nitrogens with zero attached hydrogens (tertiary/aromatic N) is 1. The molecule has 0 saturated heterocycles. The predicted octanol–water partition coefficient (Wildman–Crippen LogP) is 2.69. The topological polar surface area (TPSA) is 54.7 Å². The third-order valence-electron chi connectivity index (χ3n) is 3.66. The van der Waals surface area contributed by atoms with Crippen LogP contribution in [0.25, 0.3) is 0 Å². The lowest BCUT2D eigenvalue weighted by Crippen LogP contribution is -2.36. The number of likely N-dealkylation sites (N-methyl/N-ethyl adjacent to an activating group) is 1. The zero-order valence-corrected chi connectivity index (χ0v) is 14.1. The molecule has 0 fully saturated rings. The van der Waals surface area contributed by atoms with Crippen LogP contribution in [-0.2, 0) is 4.79 Å². The van der Waals surface area contributed by atoms with Crippen LogP contribution in [0.4, 0.5) is 0 Å². The lowest BCUT2D eigenvalue weighted by atomic mass is 10.2. The zero-order chi connectivity index (χ0) is 16.8. The molecule has 5 heteroatoms. The molecule has 1 N–H and O–H groups in total. The fourth-order valence-corrected chi connectivity index (χ4v) is 2.29. The van der Waals surface area contributed by atoms with Crippen LogP contribution in [0.15, 0.2) is 40.8 Å². The Balaban J connectivity index is 1.86. The minimum absolute atomic E-state index is 0.00217. The van der Waals surface area contributed by atoms with Crippen LogP contribution in [-0.4, -0.2) is 38.1 Å². The molecule has 0 bridgehead atoms. The maximum Gasteiger partial charge on any atom is 0.258 e. The molecular weight excluding hydrogens is 292 g/mol. The van der Waals surface area contributed by atoms with E-state index in [1.54, 1.807) is 0 Å². The number of furan rings is 1. The third-order valence-corrected chi connectivity index (χ3v) is 3.66. The van der Waals surface area contributed by atoms with Crippen LogP contribution >= 0.6 is 0 Å². The molecule has 1 aromatic carbocycles. The molecule has 23 heavy (non-hydrogen) atoms. The Bertz CT molecular complexity index is 649. The molecule has 0 spiro atoms. The van der Waals surface area contributed by atoms with Crippen molar-refractivity contribution in [3.05, 3.63) is 53.5 Å². The summed E-state index contributed by atoms with van der Waals surface area (Å²) in [6.07, 6.45) is 0. The second-order valence-electron chi connectivity index (χ2n) is 5.79. The van der Waals surface area contributed by atoms with Gasteiger partial charge in [-0.05, 0) is 51.7 Å². The summed E-state index contributed by atoms with van der Waals surface area (Å²) in [6.45, 7) is 4.33. The number of aryl methyl sites for hydroxylation is 2. The molecular formula is C18H24N2O3. The molecule has 5 nitrogen and oxygen atoms in total. The van der Waals surface area contributed by atoms with Crippen LogP contribution in [0, 0.1) is 13.8 Å². The Morgan fingerprint density at radius 2 is 1.96 bits per heavy atom. The number of carbonyl (C=O) groups is 1. The first kappa shape index (κ1) is 17.1. The molecule has 1 aromatic heterocycles. The van der Waals surface area contributed by atoms with Crippen molar-refractivity contribution >= 4 is 5.91 Å². The Labute approximate surface area is 137 Å². The molecule has 0 aliphatic carbocycles. The molecule has 124 valence electrons. The number of carbonyl (C=O) groups excluding carboxylic acids is 1. The Kier molecular flexibility index (Phi) is 5.82. The standard InChI is InChI=1S/C18H24N2O3/c1-13-7-5-6-8-16(13)22-12-18(21)19-11-15(20(3)4)17-10-9-14(2)23-17/h5-10,15H,11-12H2,1-4H3,(H,19,21)/t15-/m0/s1. The first-order valence-corrected chi connectivity index (χ1v) is 7.65. The van der Waals surface area contributed by atoms with E-state index in [0.717, 1.165) is 22.8 Å². The normalized spacial score (nSPS) is 12.2. The Morgan fingerprint density at radius 1 is 1.22 bits per heavy atom. The number of benzene rings is 1. The second kappa shape index (κ2) is 7.83. The maximum absolute atomic E-state index is 12.0.